The third-order valence-electron chi connectivity index (χ3n) is 5.68. The fraction of sp³-hybridized carbons (Fsp3) is 0.360. The lowest BCUT2D eigenvalue weighted by atomic mass is 9.90. The molecule has 4 nitrogen and oxygen atoms in total. The molecule has 0 radical (unpaired) electrons. The maximum absolute atomic E-state index is 12.9. The van der Waals surface area contributed by atoms with Crippen LogP contribution < -0.4 is 5.73 Å². The summed E-state index contributed by atoms with van der Waals surface area (Å²) in [4.78, 5) is 20.4. The van der Waals surface area contributed by atoms with Crippen molar-refractivity contribution in [3.05, 3.63) is 64.3 Å². The van der Waals surface area contributed by atoms with E-state index in [0.717, 1.165) is 41.8 Å². The van der Waals surface area contributed by atoms with Gasteiger partial charge in [0, 0.05) is 57.5 Å². The second-order valence-electron chi connectivity index (χ2n) is 9.23. The Bertz CT molecular complexity index is 1100. The zero-order chi connectivity index (χ0) is 22.2. The molecular formula is C25H28ClN3OS. The van der Waals surface area contributed by atoms with E-state index < -0.39 is 0 Å². The van der Waals surface area contributed by atoms with Gasteiger partial charge in [0.1, 0.15) is 0 Å². The fourth-order valence-electron chi connectivity index (χ4n) is 3.88. The summed E-state index contributed by atoms with van der Waals surface area (Å²) < 4.78 is 0. The molecule has 1 fully saturated rings. The maximum Gasteiger partial charge on any atom is 0.253 e. The number of nitrogens with zero attached hydrogens (tertiary/aromatic N) is 2. The summed E-state index contributed by atoms with van der Waals surface area (Å²) in [5.74, 6) is 0.00102. The lowest BCUT2D eigenvalue weighted by Crippen LogP contribution is -2.45. The molecule has 1 aliphatic rings. The minimum Gasteiger partial charge on any atom is -0.337 e. The van der Waals surface area contributed by atoms with Crippen LogP contribution in [0.4, 0.5) is 0 Å². The van der Waals surface area contributed by atoms with Crippen LogP contribution in [0, 0.1) is 0 Å². The molecule has 3 aromatic rings. The second-order valence-corrected chi connectivity index (χ2v) is 10.5. The van der Waals surface area contributed by atoms with Crippen LogP contribution in [0.15, 0.2) is 48.0 Å². The zero-order valence-electron chi connectivity index (χ0n) is 18.2. The number of likely N-dealkylation sites (tertiary alicyclic amines) is 1. The molecule has 162 valence electrons. The number of carbonyl (C=O) groups excluding carboxylic acids is 1. The number of rotatable bonds is 3. The molecule has 2 aromatic heterocycles. The van der Waals surface area contributed by atoms with Gasteiger partial charge in [0.05, 0.1) is 0 Å². The number of aromatic nitrogens is 1. The van der Waals surface area contributed by atoms with Crippen LogP contribution in [0.2, 0.25) is 5.02 Å². The van der Waals surface area contributed by atoms with Crippen molar-refractivity contribution >= 4 is 28.8 Å². The lowest BCUT2D eigenvalue weighted by molar-refractivity contribution is 0.0709. The first-order valence-electron chi connectivity index (χ1n) is 10.6. The molecule has 3 heterocycles. The molecule has 0 spiro atoms. The van der Waals surface area contributed by atoms with Gasteiger partial charge in [-0.3, -0.25) is 9.78 Å². The molecule has 1 amide bonds. The van der Waals surface area contributed by atoms with E-state index in [2.05, 4.69) is 43.3 Å². The highest BCUT2D eigenvalue weighted by Crippen LogP contribution is 2.37. The van der Waals surface area contributed by atoms with Gasteiger partial charge in [0.15, 0.2) is 0 Å². The molecule has 1 unspecified atom stereocenters. The Kier molecular flexibility index (Phi) is 6.20. The third-order valence-corrected chi connectivity index (χ3v) is 6.98. The first kappa shape index (κ1) is 22.0. The van der Waals surface area contributed by atoms with Crippen molar-refractivity contribution in [2.24, 2.45) is 5.73 Å². The highest BCUT2D eigenvalue weighted by atomic mass is 35.5. The predicted molar refractivity (Wildman–Crippen MR) is 130 cm³/mol. The Morgan fingerprint density at radius 1 is 1.19 bits per heavy atom. The smallest absolute Gasteiger partial charge is 0.253 e. The monoisotopic (exact) mass is 453 g/mol. The number of amides is 1. The third kappa shape index (κ3) is 4.84. The topological polar surface area (TPSA) is 59.2 Å². The molecule has 1 aliphatic heterocycles. The van der Waals surface area contributed by atoms with Gasteiger partial charge in [0.25, 0.3) is 5.91 Å². The van der Waals surface area contributed by atoms with Crippen molar-refractivity contribution in [1.29, 1.82) is 0 Å². The molecule has 2 N–H and O–H groups in total. The number of thiophene rings is 1. The average Bonchev–Trinajstić information content (AvgIpc) is 3.22. The van der Waals surface area contributed by atoms with E-state index in [0.29, 0.717) is 17.1 Å². The van der Waals surface area contributed by atoms with Crippen LogP contribution in [0.3, 0.4) is 0 Å². The van der Waals surface area contributed by atoms with Crippen LogP contribution in [0.25, 0.3) is 21.6 Å². The summed E-state index contributed by atoms with van der Waals surface area (Å²) in [5, 5.41) is 2.69. The molecule has 1 atom stereocenters. The highest BCUT2D eigenvalue weighted by Gasteiger charge is 2.23. The van der Waals surface area contributed by atoms with E-state index in [9.17, 15) is 4.79 Å². The molecule has 0 saturated carbocycles. The Morgan fingerprint density at radius 3 is 2.71 bits per heavy atom. The summed E-state index contributed by atoms with van der Waals surface area (Å²) in [5.41, 5.74) is 10.9. The van der Waals surface area contributed by atoms with Crippen molar-refractivity contribution < 1.29 is 4.79 Å². The first-order chi connectivity index (χ1) is 14.7. The summed E-state index contributed by atoms with van der Waals surface area (Å²) >= 11 is 8.30. The van der Waals surface area contributed by atoms with Crippen molar-refractivity contribution in [3.8, 4) is 21.6 Å². The van der Waals surface area contributed by atoms with Crippen LogP contribution in [0.1, 0.15) is 49.7 Å². The molecule has 0 bridgehead atoms. The van der Waals surface area contributed by atoms with Gasteiger partial charge in [-0.1, -0.05) is 38.4 Å². The molecule has 1 aromatic carbocycles. The minimum absolute atomic E-state index is 0.0000510. The summed E-state index contributed by atoms with van der Waals surface area (Å²) in [6, 6.07) is 12.0. The second kappa shape index (κ2) is 8.73. The van der Waals surface area contributed by atoms with Crippen molar-refractivity contribution in [2.75, 3.05) is 13.1 Å². The molecule has 1 saturated heterocycles. The van der Waals surface area contributed by atoms with Gasteiger partial charge in [0.2, 0.25) is 0 Å². The van der Waals surface area contributed by atoms with E-state index in [1.165, 1.54) is 4.88 Å². The van der Waals surface area contributed by atoms with Gasteiger partial charge < -0.3 is 10.6 Å². The molecule has 4 rings (SSSR count). The van der Waals surface area contributed by atoms with Gasteiger partial charge in [-0.15, -0.1) is 11.3 Å². The van der Waals surface area contributed by atoms with Crippen molar-refractivity contribution in [1.82, 2.24) is 9.88 Å². The molecule has 6 heteroatoms. The number of piperidine rings is 1. The van der Waals surface area contributed by atoms with E-state index >= 15 is 0 Å². The number of carbonyl (C=O) groups is 1. The Balaban J connectivity index is 1.57. The average molecular weight is 454 g/mol. The number of nitrogens with two attached hydrogens (primary N) is 1. The van der Waals surface area contributed by atoms with Crippen molar-refractivity contribution in [2.45, 2.75) is 45.1 Å². The van der Waals surface area contributed by atoms with Gasteiger partial charge in [-0.25, -0.2) is 0 Å². The Morgan fingerprint density at radius 2 is 2.00 bits per heavy atom. The summed E-state index contributed by atoms with van der Waals surface area (Å²) in [6.45, 7) is 7.86. The largest absolute Gasteiger partial charge is 0.337 e. The number of hydrogen-bond acceptors (Lipinski definition) is 4. The number of pyridine rings is 1. The Labute approximate surface area is 193 Å². The van der Waals surface area contributed by atoms with Crippen LogP contribution in [-0.2, 0) is 5.41 Å². The molecule has 31 heavy (non-hydrogen) atoms. The van der Waals surface area contributed by atoms with E-state index in [-0.39, 0.29) is 17.4 Å². The first-order valence-corrected chi connectivity index (χ1v) is 11.9. The highest BCUT2D eigenvalue weighted by molar-refractivity contribution is 7.14. The fourth-order valence-corrected chi connectivity index (χ4v) is 5.08. The number of halogens is 1. The van der Waals surface area contributed by atoms with Crippen LogP contribution in [0.5, 0.6) is 0 Å². The quantitative estimate of drug-likeness (QED) is 0.529. The Hall–Kier alpha value is -2.21. The van der Waals surface area contributed by atoms with E-state index in [1.54, 1.807) is 17.4 Å². The zero-order valence-corrected chi connectivity index (χ0v) is 19.8. The SMILES string of the molecule is CC(C)(C)c1cc(-c2cc(-c3ccc(C(=O)N4CCCC(N)C4)cc3Cl)cs2)ccn1. The van der Waals surface area contributed by atoms with E-state index in [1.807, 2.05) is 29.3 Å². The van der Waals surface area contributed by atoms with Gasteiger partial charge in [-0.2, -0.15) is 0 Å². The minimum atomic E-state index is 0.0000510. The van der Waals surface area contributed by atoms with E-state index in [4.69, 9.17) is 17.3 Å². The van der Waals surface area contributed by atoms with Gasteiger partial charge in [-0.05, 0) is 59.7 Å². The summed E-state index contributed by atoms with van der Waals surface area (Å²) in [7, 11) is 0. The number of hydrogen-bond donors (Lipinski definition) is 1. The normalized spacial score (nSPS) is 17.1. The standard InChI is InChI=1S/C25H28ClN3OS/c1-25(2,3)23-13-16(8-9-28-23)22-12-18(15-31-22)20-7-6-17(11-21(20)26)24(30)29-10-4-5-19(27)14-29/h6-9,11-13,15,19H,4-5,10,14,27H2,1-3H3. The van der Waals surface area contributed by atoms with Crippen LogP contribution in [-0.4, -0.2) is 34.9 Å². The maximum atomic E-state index is 12.9. The van der Waals surface area contributed by atoms with Crippen LogP contribution >= 0.6 is 22.9 Å². The lowest BCUT2D eigenvalue weighted by Gasteiger charge is -2.30. The summed E-state index contributed by atoms with van der Waals surface area (Å²) in [6.07, 6.45) is 3.79. The molecule has 0 aliphatic carbocycles. The van der Waals surface area contributed by atoms with Crippen molar-refractivity contribution in [3.63, 3.8) is 0 Å². The van der Waals surface area contributed by atoms with Gasteiger partial charge >= 0.3 is 0 Å². The number of benzene rings is 1. The predicted octanol–water partition coefficient (Wildman–Crippen LogP) is 5.99. The molecular weight excluding hydrogens is 426 g/mol.